The summed E-state index contributed by atoms with van der Waals surface area (Å²) >= 11 is 0. The number of rotatable bonds is 6. The van der Waals surface area contributed by atoms with Crippen molar-refractivity contribution in [1.82, 2.24) is 10.2 Å². The molecule has 0 bridgehead atoms. The number of piperazine rings is 1. The standard InChI is InChI=1S/C22H26N2O4.ClH/c25-22(28-16-17-4-2-1-3-5-17)24-11-10-23-19(15-24)9-13-26-20-6-7-21-18(14-20)8-12-27-21;/h1-7,14,19,23H,8-13,15-16H2;1H/t19-;/m1./s1. The van der Waals surface area contributed by atoms with E-state index in [-0.39, 0.29) is 24.5 Å². The number of ether oxygens (including phenoxy) is 3. The highest BCUT2D eigenvalue weighted by atomic mass is 35.5. The third-order valence-electron chi connectivity index (χ3n) is 5.11. The summed E-state index contributed by atoms with van der Waals surface area (Å²) in [4.78, 5) is 14.1. The molecule has 1 saturated heterocycles. The van der Waals surface area contributed by atoms with Gasteiger partial charge >= 0.3 is 6.09 Å². The van der Waals surface area contributed by atoms with Gasteiger partial charge in [0, 0.05) is 37.7 Å². The van der Waals surface area contributed by atoms with Crippen LogP contribution < -0.4 is 14.8 Å². The van der Waals surface area contributed by atoms with Gasteiger partial charge in [-0.2, -0.15) is 0 Å². The number of halogens is 1. The van der Waals surface area contributed by atoms with Crippen LogP contribution in [0.3, 0.4) is 0 Å². The molecule has 29 heavy (non-hydrogen) atoms. The lowest BCUT2D eigenvalue weighted by Gasteiger charge is -2.33. The van der Waals surface area contributed by atoms with Gasteiger partial charge in [-0.05, 0) is 30.2 Å². The van der Waals surface area contributed by atoms with E-state index in [2.05, 4.69) is 11.4 Å². The second-order valence-corrected chi connectivity index (χ2v) is 7.14. The van der Waals surface area contributed by atoms with Crippen LogP contribution in [0.1, 0.15) is 17.5 Å². The number of nitrogens with zero attached hydrogens (tertiary/aromatic N) is 1. The molecular weight excluding hydrogens is 392 g/mol. The van der Waals surface area contributed by atoms with Crippen molar-refractivity contribution >= 4 is 18.5 Å². The summed E-state index contributed by atoms with van der Waals surface area (Å²) in [5.41, 5.74) is 2.20. The van der Waals surface area contributed by atoms with Crippen molar-refractivity contribution < 1.29 is 19.0 Å². The van der Waals surface area contributed by atoms with Crippen LogP contribution >= 0.6 is 12.4 Å². The van der Waals surface area contributed by atoms with Gasteiger partial charge in [0.05, 0.1) is 13.2 Å². The van der Waals surface area contributed by atoms with E-state index in [0.29, 0.717) is 26.3 Å². The lowest BCUT2D eigenvalue weighted by molar-refractivity contribution is 0.0827. The number of hydrogen-bond acceptors (Lipinski definition) is 5. The summed E-state index contributed by atoms with van der Waals surface area (Å²) in [5.74, 6) is 1.84. The number of carbonyl (C=O) groups is 1. The van der Waals surface area contributed by atoms with E-state index < -0.39 is 0 Å². The Morgan fingerprint density at radius 2 is 2.07 bits per heavy atom. The minimum absolute atomic E-state index is 0. The molecule has 156 valence electrons. The van der Waals surface area contributed by atoms with Crippen molar-refractivity contribution in [3.05, 3.63) is 59.7 Å². The van der Waals surface area contributed by atoms with Gasteiger partial charge in [0.1, 0.15) is 18.1 Å². The molecular formula is C22H27ClN2O4. The number of nitrogens with one attached hydrogen (secondary N) is 1. The molecule has 6 nitrogen and oxygen atoms in total. The molecule has 0 radical (unpaired) electrons. The maximum atomic E-state index is 12.4. The normalized spacial score (nSPS) is 17.7. The molecule has 1 amide bonds. The highest BCUT2D eigenvalue weighted by molar-refractivity contribution is 5.85. The van der Waals surface area contributed by atoms with Crippen LogP contribution in [-0.4, -0.2) is 49.9 Å². The number of carbonyl (C=O) groups excluding carboxylic acids is 1. The van der Waals surface area contributed by atoms with E-state index in [4.69, 9.17) is 14.2 Å². The predicted octanol–water partition coefficient (Wildman–Crippen LogP) is 3.42. The van der Waals surface area contributed by atoms with Crippen molar-refractivity contribution in [3.63, 3.8) is 0 Å². The molecule has 1 fully saturated rings. The molecule has 2 aromatic carbocycles. The van der Waals surface area contributed by atoms with Gasteiger partial charge in [0.2, 0.25) is 0 Å². The first kappa shape index (κ1) is 21.3. The van der Waals surface area contributed by atoms with Crippen molar-refractivity contribution in [2.24, 2.45) is 0 Å². The number of fused-ring (bicyclic) bond motifs is 1. The Morgan fingerprint density at radius 3 is 2.93 bits per heavy atom. The highest BCUT2D eigenvalue weighted by Gasteiger charge is 2.24. The first-order chi connectivity index (χ1) is 13.8. The van der Waals surface area contributed by atoms with E-state index >= 15 is 0 Å². The van der Waals surface area contributed by atoms with Gasteiger partial charge in [-0.1, -0.05) is 30.3 Å². The van der Waals surface area contributed by atoms with Gasteiger partial charge in [0.25, 0.3) is 0 Å². The molecule has 0 aromatic heterocycles. The quantitative estimate of drug-likeness (QED) is 0.778. The monoisotopic (exact) mass is 418 g/mol. The summed E-state index contributed by atoms with van der Waals surface area (Å²) in [5, 5.41) is 3.46. The van der Waals surface area contributed by atoms with Crippen LogP contribution in [0, 0.1) is 0 Å². The minimum atomic E-state index is -0.255. The van der Waals surface area contributed by atoms with E-state index in [1.807, 2.05) is 42.5 Å². The molecule has 1 atom stereocenters. The first-order valence-electron chi connectivity index (χ1n) is 9.85. The zero-order chi connectivity index (χ0) is 19.2. The van der Waals surface area contributed by atoms with Crippen LogP contribution in [0.15, 0.2) is 48.5 Å². The number of amides is 1. The van der Waals surface area contributed by atoms with Gasteiger partial charge in [-0.3, -0.25) is 0 Å². The molecule has 7 heteroatoms. The Balaban J connectivity index is 0.00000240. The van der Waals surface area contributed by atoms with Crippen LogP contribution in [0.25, 0.3) is 0 Å². The van der Waals surface area contributed by atoms with E-state index in [1.165, 1.54) is 5.56 Å². The second-order valence-electron chi connectivity index (χ2n) is 7.14. The van der Waals surface area contributed by atoms with Gasteiger partial charge in [-0.25, -0.2) is 4.79 Å². The Morgan fingerprint density at radius 1 is 1.21 bits per heavy atom. The zero-order valence-electron chi connectivity index (χ0n) is 16.3. The Kier molecular flexibility index (Phi) is 7.61. The third-order valence-corrected chi connectivity index (χ3v) is 5.11. The van der Waals surface area contributed by atoms with Crippen molar-refractivity contribution in [3.8, 4) is 11.5 Å². The van der Waals surface area contributed by atoms with Crippen LogP contribution in [-0.2, 0) is 17.8 Å². The fraction of sp³-hybridized carbons (Fsp3) is 0.409. The molecule has 0 saturated carbocycles. The number of hydrogen-bond donors (Lipinski definition) is 1. The molecule has 0 aliphatic carbocycles. The maximum Gasteiger partial charge on any atom is 0.410 e. The predicted molar refractivity (Wildman–Crippen MR) is 113 cm³/mol. The third kappa shape index (κ3) is 5.78. The molecule has 0 unspecified atom stereocenters. The average molecular weight is 419 g/mol. The minimum Gasteiger partial charge on any atom is -0.494 e. The smallest absolute Gasteiger partial charge is 0.410 e. The van der Waals surface area contributed by atoms with Gasteiger partial charge < -0.3 is 24.4 Å². The van der Waals surface area contributed by atoms with E-state index in [1.54, 1.807) is 4.90 Å². The van der Waals surface area contributed by atoms with Crippen molar-refractivity contribution in [2.45, 2.75) is 25.5 Å². The molecule has 2 heterocycles. The Bertz CT molecular complexity index is 803. The molecule has 4 rings (SSSR count). The summed E-state index contributed by atoms with van der Waals surface area (Å²) < 4.78 is 16.9. The Hall–Kier alpha value is -2.44. The van der Waals surface area contributed by atoms with Crippen molar-refractivity contribution in [1.29, 1.82) is 0 Å². The lowest BCUT2D eigenvalue weighted by atomic mass is 10.1. The number of benzene rings is 2. The Labute approximate surface area is 177 Å². The largest absolute Gasteiger partial charge is 0.494 e. The lowest BCUT2D eigenvalue weighted by Crippen LogP contribution is -2.53. The summed E-state index contributed by atoms with van der Waals surface area (Å²) in [7, 11) is 0. The summed E-state index contributed by atoms with van der Waals surface area (Å²) in [6.45, 7) is 3.72. The molecule has 2 aliphatic rings. The topological polar surface area (TPSA) is 60.0 Å². The van der Waals surface area contributed by atoms with Crippen LogP contribution in [0.4, 0.5) is 4.79 Å². The van der Waals surface area contributed by atoms with E-state index in [0.717, 1.165) is 43.1 Å². The fourth-order valence-electron chi connectivity index (χ4n) is 3.57. The average Bonchev–Trinajstić information content (AvgIpc) is 3.21. The van der Waals surface area contributed by atoms with Crippen LogP contribution in [0.2, 0.25) is 0 Å². The summed E-state index contributed by atoms with van der Waals surface area (Å²) in [6, 6.07) is 15.9. The van der Waals surface area contributed by atoms with E-state index in [9.17, 15) is 4.79 Å². The second kappa shape index (κ2) is 10.4. The zero-order valence-corrected chi connectivity index (χ0v) is 17.2. The molecule has 0 spiro atoms. The SMILES string of the molecule is Cl.O=C(OCc1ccccc1)N1CCN[C@H](CCOc2ccc3c(c2)CCO3)C1. The first-order valence-corrected chi connectivity index (χ1v) is 9.85. The van der Waals surface area contributed by atoms with Crippen molar-refractivity contribution in [2.75, 3.05) is 32.8 Å². The van der Waals surface area contributed by atoms with Crippen LogP contribution in [0.5, 0.6) is 11.5 Å². The molecule has 2 aliphatic heterocycles. The van der Waals surface area contributed by atoms with Gasteiger partial charge in [0.15, 0.2) is 0 Å². The maximum absolute atomic E-state index is 12.4. The summed E-state index contributed by atoms with van der Waals surface area (Å²) in [6.07, 6.45) is 1.52. The van der Waals surface area contributed by atoms with Gasteiger partial charge in [-0.15, -0.1) is 12.4 Å². The molecule has 1 N–H and O–H groups in total. The highest BCUT2D eigenvalue weighted by Crippen LogP contribution is 2.29. The fourth-order valence-corrected chi connectivity index (χ4v) is 3.57. The molecule has 2 aromatic rings.